The molecule has 1 heterocycles. The van der Waals surface area contributed by atoms with Gasteiger partial charge in [0.1, 0.15) is 5.75 Å². The summed E-state index contributed by atoms with van der Waals surface area (Å²) in [6, 6.07) is 6.30. The van der Waals surface area contributed by atoms with Crippen molar-refractivity contribution in [2.45, 2.75) is 25.4 Å². The predicted molar refractivity (Wildman–Crippen MR) is 69.9 cm³/mol. The van der Waals surface area contributed by atoms with E-state index in [0.29, 0.717) is 6.54 Å². The van der Waals surface area contributed by atoms with Crippen molar-refractivity contribution >= 4 is 0 Å². The summed E-state index contributed by atoms with van der Waals surface area (Å²) in [6.45, 7) is 3.37. The maximum atomic E-state index is 9.62. The minimum absolute atomic E-state index is 0.226. The molecule has 0 bridgehead atoms. The Morgan fingerprint density at radius 1 is 1.44 bits per heavy atom. The van der Waals surface area contributed by atoms with Crippen LogP contribution >= 0.6 is 0 Å². The number of aliphatic hydroxyl groups is 2. The highest BCUT2D eigenvalue weighted by molar-refractivity contribution is 5.39. The van der Waals surface area contributed by atoms with Gasteiger partial charge in [-0.3, -0.25) is 0 Å². The summed E-state index contributed by atoms with van der Waals surface area (Å²) in [5.41, 5.74) is 1.52. The Morgan fingerprint density at radius 2 is 2.28 bits per heavy atom. The largest absolute Gasteiger partial charge is 0.493 e. The Kier molecular flexibility index (Phi) is 4.22. The van der Waals surface area contributed by atoms with Gasteiger partial charge in [0.05, 0.1) is 18.8 Å². The molecule has 4 heteroatoms. The van der Waals surface area contributed by atoms with Crippen LogP contribution in [0.4, 0.5) is 0 Å². The summed E-state index contributed by atoms with van der Waals surface area (Å²) < 4.78 is 5.46. The van der Waals surface area contributed by atoms with Crippen LogP contribution in [0, 0.1) is 0 Å². The van der Waals surface area contributed by atoms with Crippen LogP contribution < -0.4 is 10.1 Å². The minimum Gasteiger partial charge on any atom is -0.493 e. The lowest BCUT2D eigenvalue weighted by molar-refractivity contribution is 0.00299. The van der Waals surface area contributed by atoms with Gasteiger partial charge in [0.2, 0.25) is 0 Å². The Bertz CT molecular complexity index is 404. The highest BCUT2D eigenvalue weighted by atomic mass is 16.5. The van der Waals surface area contributed by atoms with Crippen LogP contribution in [0.2, 0.25) is 0 Å². The third-order valence-electron chi connectivity index (χ3n) is 3.19. The van der Waals surface area contributed by atoms with Gasteiger partial charge in [-0.05, 0) is 37.1 Å². The second kappa shape index (κ2) is 5.69. The van der Waals surface area contributed by atoms with Crippen LogP contribution in [0.1, 0.15) is 18.1 Å². The Labute approximate surface area is 108 Å². The number of rotatable bonds is 6. The third-order valence-corrected chi connectivity index (χ3v) is 3.19. The molecule has 4 nitrogen and oxygen atoms in total. The average Bonchev–Trinajstić information content (AvgIpc) is 2.82. The highest BCUT2D eigenvalue weighted by Gasteiger charge is 2.17. The quantitative estimate of drug-likeness (QED) is 0.644. The first-order chi connectivity index (χ1) is 8.61. The van der Waals surface area contributed by atoms with Crippen molar-refractivity contribution in [2.24, 2.45) is 0 Å². The summed E-state index contributed by atoms with van der Waals surface area (Å²) >= 11 is 0. The molecule has 18 heavy (non-hydrogen) atoms. The summed E-state index contributed by atoms with van der Waals surface area (Å²) in [4.78, 5) is 0. The Balaban J connectivity index is 1.77. The molecule has 1 unspecified atom stereocenters. The maximum absolute atomic E-state index is 9.62. The Hall–Kier alpha value is -1.10. The SMILES string of the molecule is CC(O)(CO)CNCCc1ccc2c(c1)CCO2. The molecule has 0 saturated heterocycles. The van der Waals surface area contributed by atoms with Crippen molar-refractivity contribution in [3.05, 3.63) is 29.3 Å². The molecule has 0 radical (unpaired) electrons. The maximum Gasteiger partial charge on any atom is 0.122 e. The van der Waals surface area contributed by atoms with Gasteiger partial charge in [-0.2, -0.15) is 0 Å². The zero-order valence-corrected chi connectivity index (χ0v) is 10.8. The second-order valence-corrected chi connectivity index (χ2v) is 5.12. The van der Waals surface area contributed by atoms with E-state index in [0.717, 1.165) is 31.7 Å². The van der Waals surface area contributed by atoms with E-state index in [1.807, 2.05) is 6.07 Å². The van der Waals surface area contributed by atoms with E-state index in [2.05, 4.69) is 17.4 Å². The van der Waals surface area contributed by atoms with Crippen molar-refractivity contribution in [3.63, 3.8) is 0 Å². The molecule has 3 N–H and O–H groups in total. The molecule has 1 aliphatic heterocycles. The average molecular weight is 251 g/mol. The molecule has 1 aromatic rings. The third kappa shape index (κ3) is 3.45. The molecule has 100 valence electrons. The van der Waals surface area contributed by atoms with E-state index in [9.17, 15) is 5.11 Å². The van der Waals surface area contributed by atoms with Gasteiger partial charge in [0.15, 0.2) is 0 Å². The number of aliphatic hydroxyl groups excluding tert-OH is 1. The normalized spacial score (nSPS) is 17.1. The van der Waals surface area contributed by atoms with Crippen LogP contribution in [0.3, 0.4) is 0 Å². The zero-order chi connectivity index (χ0) is 13.0. The smallest absolute Gasteiger partial charge is 0.122 e. The number of benzene rings is 1. The van der Waals surface area contributed by atoms with E-state index in [1.165, 1.54) is 11.1 Å². The van der Waals surface area contributed by atoms with Gasteiger partial charge in [-0.15, -0.1) is 0 Å². The van der Waals surface area contributed by atoms with Gasteiger partial charge in [-0.25, -0.2) is 0 Å². The van der Waals surface area contributed by atoms with Crippen molar-refractivity contribution in [1.82, 2.24) is 5.32 Å². The monoisotopic (exact) mass is 251 g/mol. The fourth-order valence-corrected chi connectivity index (χ4v) is 2.04. The first kappa shape index (κ1) is 13.3. The summed E-state index contributed by atoms with van der Waals surface area (Å²) in [5, 5.41) is 21.7. The van der Waals surface area contributed by atoms with Gasteiger partial charge < -0.3 is 20.3 Å². The molecule has 0 saturated carbocycles. The Morgan fingerprint density at radius 3 is 3.06 bits per heavy atom. The van der Waals surface area contributed by atoms with E-state index < -0.39 is 5.60 Å². The highest BCUT2D eigenvalue weighted by Crippen LogP contribution is 2.25. The van der Waals surface area contributed by atoms with E-state index >= 15 is 0 Å². The minimum atomic E-state index is -1.04. The van der Waals surface area contributed by atoms with Gasteiger partial charge in [0.25, 0.3) is 0 Å². The van der Waals surface area contributed by atoms with Crippen LogP contribution in [0.5, 0.6) is 5.75 Å². The molecule has 1 aromatic carbocycles. The fourth-order valence-electron chi connectivity index (χ4n) is 2.04. The lowest BCUT2D eigenvalue weighted by atomic mass is 10.1. The van der Waals surface area contributed by atoms with Crippen LogP contribution in [0.25, 0.3) is 0 Å². The van der Waals surface area contributed by atoms with Crippen molar-refractivity contribution in [1.29, 1.82) is 0 Å². The standard InChI is InChI=1S/C14H21NO3/c1-14(17,10-16)9-15-6-4-11-2-3-13-12(8-11)5-7-18-13/h2-3,8,15-17H,4-7,9-10H2,1H3. The fraction of sp³-hybridized carbons (Fsp3) is 0.571. The molecule has 1 aliphatic rings. The number of hydrogen-bond acceptors (Lipinski definition) is 4. The van der Waals surface area contributed by atoms with Crippen LogP contribution in [-0.2, 0) is 12.8 Å². The van der Waals surface area contributed by atoms with Crippen LogP contribution in [-0.4, -0.2) is 42.1 Å². The molecule has 0 aliphatic carbocycles. The first-order valence-electron chi connectivity index (χ1n) is 6.39. The van der Waals surface area contributed by atoms with Gasteiger partial charge in [-0.1, -0.05) is 12.1 Å². The molecule has 0 spiro atoms. The van der Waals surface area contributed by atoms with Gasteiger partial charge in [0, 0.05) is 13.0 Å². The lowest BCUT2D eigenvalue weighted by Crippen LogP contribution is -2.41. The summed E-state index contributed by atoms with van der Waals surface area (Å²) in [5.74, 6) is 1.01. The van der Waals surface area contributed by atoms with Crippen LogP contribution in [0.15, 0.2) is 18.2 Å². The first-order valence-corrected chi connectivity index (χ1v) is 6.39. The van der Waals surface area contributed by atoms with E-state index in [4.69, 9.17) is 9.84 Å². The summed E-state index contributed by atoms with van der Waals surface area (Å²) in [7, 11) is 0. The number of hydrogen-bond donors (Lipinski definition) is 3. The van der Waals surface area contributed by atoms with E-state index in [1.54, 1.807) is 6.92 Å². The zero-order valence-electron chi connectivity index (χ0n) is 10.8. The van der Waals surface area contributed by atoms with Gasteiger partial charge >= 0.3 is 0 Å². The predicted octanol–water partition coefficient (Wildman–Crippen LogP) is 0.497. The molecule has 0 fully saturated rings. The molecule has 0 aromatic heterocycles. The molecule has 1 atom stereocenters. The second-order valence-electron chi connectivity index (χ2n) is 5.12. The number of fused-ring (bicyclic) bond motifs is 1. The number of ether oxygens (including phenoxy) is 1. The van der Waals surface area contributed by atoms with Crippen molar-refractivity contribution < 1.29 is 14.9 Å². The number of nitrogens with one attached hydrogen (secondary N) is 1. The molecule has 2 rings (SSSR count). The molecular weight excluding hydrogens is 230 g/mol. The topological polar surface area (TPSA) is 61.7 Å². The van der Waals surface area contributed by atoms with Crippen molar-refractivity contribution in [3.8, 4) is 5.75 Å². The van der Waals surface area contributed by atoms with Crippen molar-refractivity contribution in [2.75, 3.05) is 26.3 Å². The summed E-state index contributed by atoms with van der Waals surface area (Å²) in [6.07, 6.45) is 1.91. The molecular formula is C14H21NO3. The molecule has 0 amide bonds. The van der Waals surface area contributed by atoms with E-state index in [-0.39, 0.29) is 6.61 Å². The lowest BCUT2D eigenvalue weighted by Gasteiger charge is -2.20.